The Balaban J connectivity index is -0.000000310. The quantitative estimate of drug-likeness (QED) is 0.458. The Morgan fingerprint density at radius 2 is 1.70 bits per heavy atom. The molecule has 0 aliphatic carbocycles. The molecule has 2 aromatic rings. The molecule has 0 bridgehead atoms. The van der Waals surface area contributed by atoms with Gasteiger partial charge in [0.05, 0.1) is 0 Å². The van der Waals surface area contributed by atoms with Gasteiger partial charge in [0.15, 0.2) is 0 Å². The van der Waals surface area contributed by atoms with Crippen LogP contribution in [0.1, 0.15) is 0 Å². The molecule has 2 rings (SSSR count). The third-order valence-corrected chi connectivity index (χ3v) is 5.15. The van der Waals surface area contributed by atoms with Crippen LogP contribution < -0.4 is 24.8 Å². The van der Waals surface area contributed by atoms with Crippen LogP contribution in [0.15, 0.2) is 42.5 Å². The third kappa shape index (κ3) is 11.4. The van der Waals surface area contributed by atoms with Gasteiger partial charge in [-0.1, -0.05) is 25.7 Å². The Morgan fingerprint density at radius 1 is 1.13 bits per heavy atom. The van der Waals surface area contributed by atoms with Crippen LogP contribution in [0.25, 0.3) is 16.5 Å². The molecule has 0 saturated carbocycles. The van der Waals surface area contributed by atoms with E-state index in [-0.39, 0.29) is 46.5 Å². The van der Waals surface area contributed by atoms with Crippen molar-refractivity contribution in [3.8, 4) is 0 Å². The normalized spacial score (nSPS) is 9.30. The van der Waals surface area contributed by atoms with Gasteiger partial charge in [0.2, 0.25) is 8.32 Å². The summed E-state index contributed by atoms with van der Waals surface area (Å²) in [5.41, 5.74) is 7.26. The minimum Gasteiger partial charge on any atom is -1.00 e. The first kappa shape index (κ1) is 28.0. The summed E-state index contributed by atoms with van der Waals surface area (Å²) in [5, 5.41) is 3.70. The fourth-order valence-electron chi connectivity index (χ4n) is 1.75. The molecule has 0 amide bonds. The summed E-state index contributed by atoms with van der Waals surface area (Å²) < 4.78 is 5.76. The van der Waals surface area contributed by atoms with Gasteiger partial charge in [-0.05, 0) is 19.6 Å². The Hall–Kier alpha value is 0.188. The second kappa shape index (κ2) is 13.5. The molecule has 0 radical (unpaired) electrons. The van der Waals surface area contributed by atoms with Crippen molar-refractivity contribution in [2.24, 2.45) is 0 Å². The average Bonchev–Trinajstić information content (AvgIpc) is 2.83. The number of halogens is 2. The second-order valence-corrected chi connectivity index (χ2v) is 13.0. The molecule has 0 aromatic heterocycles. The molecule has 7 heteroatoms. The van der Waals surface area contributed by atoms with Crippen LogP contribution in [0.4, 0.5) is 0 Å². The van der Waals surface area contributed by atoms with Crippen LogP contribution in [0, 0.1) is 0 Å². The van der Waals surface area contributed by atoms with Gasteiger partial charge >= 0.3 is 21.7 Å². The van der Waals surface area contributed by atoms with E-state index in [1.165, 1.54) is 10.8 Å². The Bertz CT molecular complexity index is 548. The third-order valence-electron chi connectivity index (χ3n) is 2.70. The van der Waals surface area contributed by atoms with Crippen molar-refractivity contribution in [2.75, 3.05) is 6.54 Å². The van der Waals surface area contributed by atoms with Crippen LogP contribution in [0.5, 0.6) is 0 Å². The van der Waals surface area contributed by atoms with Gasteiger partial charge in [0, 0.05) is 13.8 Å². The maximum absolute atomic E-state index is 7.26. The zero-order valence-electron chi connectivity index (χ0n) is 14.4. The summed E-state index contributed by atoms with van der Waals surface area (Å²) >= 11 is 0. The van der Waals surface area contributed by atoms with E-state index < -0.39 is 16.7 Å². The summed E-state index contributed by atoms with van der Waals surface area (Å²) in [5.74, 6) is 0. The Kier molecular flexibility index (Phi) is 16.4. The summed E-state index contributed by atoms with van der Waals surface area (Å²) in [6.45, 7) is 11.2. The zero-order valence-corrected chi connectivity index (χ0v) is 19.5. The van der Waals surface area contributed by atoms with Gasteiger partial charge in [-0.25, -0.2) is 0 Å². The van der Waals surface area contributed by atoms with E-state index in [4.69, 9.17) is 10.2 Å². The van der Waals surface area contributed by atoms with Crippen molar-refractivity contribution < 1.29 is 51.0 Å². The zero-order chi connectivity index (χ0) is 15.2. The van der Waals surface area contributed by atoms with Crippen molar-refractivity contribution in [1.29, 1.82) is 0 Å². The maximum Gasteiger partial charge on any atom is 4.00 e. The number of hydrogen-bond donors (Lipinski definition) is 0. The molecular formula is C16H25Cl2NOSi2Ti. The monoisotopic (exact) mass is 421 g/mol. The number of hydrogen-bond acceptors (Lipinski definition) is 1. The molecule has 2 aromatic carbocycles. The summed E-state index contributed by atoms with van der Waals surface area (Å²) in [6, 6.07) is 14.7. The Morgan fingerprint density at radius 3 is 2.09 bits per heavy atom. The first-order valence-corrected chi connectivity index (χ1v) is 12.8. The fourth-order valence-corrected chi connectivity index (χ4v) is 4.65. The fraction of sp³-hybridized carbons (Fsp3) is 0.375. The maximum atomic E-state index is 7.26. The van der Waals surface area contributed by atoms with Crippen LogP contribution in [0.2, 0.25) is 32.7 Å². The minimum absolute atomic E-state index is 0. The van der Waals surface area contributed by atoms with Crippen LogP contribution in [-0.4, -0.2) is 28.6 Å². The van der Waals surface area contributed by atoms with Gasteiger partial charge in [-0.3, -0.25) is 0 Å². The van der Waals surface area contributed by atoms with Gasteiger partial charge < -0.3 is 35.0 Å². The van der Waals surface area contributed by atoms with Crippen molar-refractivity contribution in [3.63, 3.8) is 0 Å². The smallest absolute Gasteiger partial charge is 1.00 e. The number of fused-ring (bicyclic) bond motifs is 1. The van der Waals surface area contributed by atoms with Gasteiger partial charge in [0.25, 0.3) is 0 Å². The molecule has 0 unspecified atom stereocenters. The van der Waals surface area contributed by atoms with Gasteiger partial charge in [-0.15, -0.1) is 29.7 Å². The van der Waals surface area contributed by atoms with Crippen molar-refractivity contribution >= 4 is 32.9 Å². The first-order chi connectivity index (χ1) is 9.33. The van der Waals surface area contributed by atoms with E-state index in [9.17, 15) is 0 Å². The SMILES string of the molecule is C[Si](C)=C(C[NH-])O[Si](C)(C)C.[Cl-].[Cl-].[Ti+4].c1ccc2[cH-]ccc2c1. The molecule has 0 heterocycles. The van der Waals surface area contributed by atoms with E-state index in [2.05, 4.69) is 75.2 Å². The molecule has 0 aliphatic heterocycles. The Labute approximate surface area is 170 Å². The van der Waals surface area contributed by atoms with E-state index in [1.54, 1.807) is 0 Å². The first-order valence-electron chi connectivity index (χ1n) is 6.94. The molecular weight excluding hydrogens is 397 g/mol. The van der Waals surface area contributed by atoms with Crippen molar-refractivity contribution in [3.05, 3.63) is 48.2 Å². The molecule has 0 aliphatic rings. The topological polar surface area (TPSA) is 33.0 Å². The summed E-state index contributed by atoms with van der Waals surface area (Å²) in [4.78, 5) is 0. The second-order valence-electron chi connectivity index (χ2n) is 5.97. The predicted molar refractivity (Wildman–Crippen MR) is 95.6 cm³/mol. The molecule has 126 valence electrons. The van der Waals surface area contributed by atoms with Crippen LogP contribution in [0.3, 0.4) is 0 Å². The summed E-state index contributed by atoms with van der Waals surface area (Å²) in [6.07, 6.45) is 0. The molecule has 23 heavy (non-hydrogen) atoms. The average molecular weight is 422 g/mol. The molecule has 2 nitrogen and oxygen atoms in total. The molecule has 0 fully saturated rings. The van der Waals surface area contributed by atoms with Gasteiger partial charge in [-0.2, -0.15) is 17.5 Å². The molecule has 1 N–H and O–H groups in total. The van der Waals surface area contributed by atoms with Crippen LogP contribution >= 0.6 is 0 Å². The number of rotatable bonds is 3. The van der Waals surface area contributed by atoms with Crippen LogP contribution in [-0.2, 0) is 26.1 Å². The van der Waals surface area contributed by atoms with Crippen molar-refractivity contribution in [2.45, 2.75) is 32.7 Å². The number of benzene rings is 1. The van der Waals surface area contributed by atoms with E-state index >= 15 is 0 Å². The van der Waals surface area contributed by atoms with E-state index in [0.717, 1.165) is 5.35 Å². The minimum atomic E-state index is -1.44. The van der Waals surface area contributed by atoms with Crippen molar-refractivity contribution in [1.82, 2.24) is 0 Å². The standard InChI is InChI=1S/C9H7.C7H18NOSi2.2ClH.Ti/c1-2-5-9-7-3-6-8(9)4-1;1-10(2)7(6-8)9-11(3,4)5;;;/h1-7H;8H,6H2,1-5H3;2*1H;/q2*-1;;;+4/p-2. The molecule has 0 atom stereocenters. The molecule has 0 spiro atoms. The summed E-state index contributed by atoms with van der Waals surface area (Å²) in [7, 11) is -1.95. The van der Waals surface area contributed by atoms with Gasteiger partial charge in [0.1, 0.15) is 0 Å². The number of nitrogens with one attached hydrogen (secondary N) is 1. The van der Waals surface area contributed by atoms with E-state index in [0.29, 0.717) is 6.54 Å². The predicted octanol–water partition coefficient (Wildman–Crippen LogP) is -1.08. The molecule has 0 saturated heterocycles. The van der Waals surface area contributed by atoms with E-state index in [1.807, 2.05) is 0 Å². The largest absolute Gasteiger partial charge is 4.00 e.